The van der Waals surface area contributed by atoms with Gasteiger partial charge >= 0.3 is 10.3 Å². The fourth-order valence-corrected chi connectivity index (χ4v) is 3.60. The minimum atomic E-state index is -1.45. The molecule has 19 heavy (non-hydrogen) atoms. The molecule has 4 nitrogen and oxygen atoms in total. The maximum absolute atomic E-state index is 12.1. The second kappa shape index (κ2) is 5.48. The van der Waals surface area contributed by atoms with Gasteiger partial charge in [0.15, 0.2) is 0 Å². The van der Waals surface area contributed by atoms with Crippen LogP contribution in [-0.2, 0) is 20.7 Å². The van der Waals surface area contributed by atoms with E-state index in [0.717, 1.165) is 10.2 Å². The summed E-state index contributed by atoms with van der Waals surface area (Å²) in [5, 5.41) is 0. The predicted octanol–water partition coefficient (Wildman–Crippen LogP) is 2.75. The summed E-state index contributed by atoms with van der Waals surface area (Å²) in [4.78, 5) is 15.9. The molecule has 0 aliphatic heterocycles. The van der Waals surface area contributed by atoms with E-state index in [1.165, 1.54) is 11.3 Å². The fraction of sp³-hybridized carbons (Fsp3) is 0.385. The van der Waals surface area contributed by atoms with Gasteiger partial charge in [-0.05, 0) is 32.9 Å². The summed E-state index contributed by atoms with van der Waals surface area (Å²) in [6.45, 7) is 5.35. The van der Waals surface area contributed by atoms with Crippen LogP contribution in [-0.4, -0.2) is 26.9 Å². The molecule has 0 spiro atoms. The minimum Gasteiger partial charge on any atom is -0.609 e. The molecular formula is C13H15NO3S2. The molecule has 0 radical (unpaired) electrons. The first kappa shape index (κ1) is 14.3. The van der Waals surface area contributed by atoms with Gasteiger partial charge < -0.3 is 9.29 Å². The highest BCUT2D eigenvalue weighted by Crippen LogP contribution is 2.26. The number of rotatable bonds is 3. The zero-order valence-corrected chi connectivity index (χ0v) is 12.6. The van der Waals surface area contributed by atoms with Gasteiger partial charge in [0.05, 0.1) is 10.2 Å². The van der Waals surface area contributed by atoms with Crippen LogP contribution in [0.4, 0.5) is 0 Å². The summed E-state index contributed by atoms with van der Waals surface area (Å²) >= 11 is -0.102. The van der Waals surface area contributed by atoms with Crippen LogP contribution >= 0.6 is 11.3 Å². The van der Waals surface area contributed by atoms with E-state index >= 15 is 0 Å². The molecule has 0 fully saturated rings. The topological polar surface area (TPSA) is 62.2 Å². The lowest BCUT2D eigenvalue weighted by Gasteiger charge is -2.19. The van der Waals surface area contributed by atoms with Crippen molar-refractivity contribution in [2.24, 2.45) is 0 Å². The Bertz CT molecular complexity index is 556. The third-order valence-electron chi connectivity index (χ3n) is 2.14. The highest BCUT2D eigenvalue weighted by molar-refractivity contribution is 7.94. The van der Waals surface area contributed by atoms with Crippen molar-refractivity contribution in [3.05, 3.63) is 24.3 Å². The molecule has 1 aromatic carbocycles. The Hall–Kier alpha value is -1.11. The van der Waals surface area contributed by atoms with Crippen LogP contribution in [0.25, 0.3) is 10.2 Å². The largest absolute Gasteiger partial charge is 0.609 e. The number of hydrogen-bond acceptors (Lipinski definition) is 5. The lowest BCUT2D eigenvalue weighted by molar-refractivity contribution is -0.151. The summed E-state index contributed by atoms with van der Waals surface area (Å²) in [5.74, 6) is -0.623. The molecule has 2 rings (SSSR count). The van der Waals surface area contributed by atoms with Crippen LogP contribution in [0.5, 0.6) is 0 Å². The molecule has 1 heterocycles. The first-order chi connectivity index (χ1) is 8.85. The molecule has 1 atom stereocenters. The number of esters is 1. The van der Waals surface area contributed by atoms with Gasteiger partial charge in [0.2, 0.25) is 5.75 Å². The van der Waals surface area contributed by atoms with Crippen molar-refractivity contribution >= 4 is 38.7 Å². The van der Waals surface area contributed by atoms with E-state index in [0.29, 0.717) is 4.34 Å². The Balaban J connectivity index is 2.07. The van der Waals surface area contributed by atoms with Gasteiger partial charge in [-0.2, -0.15) is 4.98 Å². The molecule has 1 aromatic heterocycles. The zero-order valence-electron chi connectivity index (χ0n) is 11.0. The van der Waals surface area contributed by atoms with E-state index in [1.807, 2.05) is 24.3 Å². The third kappa shape index (κ3) is 3.92. The van der Waals surface area contributed by atoms with Crippen molar-refractivity contribution in [1.82, 2.24) is 4.98 Å². The minimum absolute atomic E-state index is 0.156. The Morgan fingerprint density at radius 3 is 2.74 bits per heavy atom. The van der Waals surface area contributed by atoms with Crippen LogP contribution in [0.2, 0.25) is 0 Å². The van der Waals surface area contributed by atoms with Gasteiger partial charge in [0.25, 0.3) is 0 Å². The standard InChI is InChI=1S/C13H15NO3S2/c1-13(2,3)17-11(15)8-19(16)12-14-9-6-4-5-7-10(9)18-12/h4-7H,8H2,1-3H3. The molecule has 0 aliphatic carbocycles. The van der Waals surface area contributed by atoms with Gasteiger partial charge in [0, 0.05) is 11.2 Å². The lowest BCUT2D eigenvalue weighted by atomic mass is 10.2. The zero-order chi connectivity index (χ0) is 14.0. The molecule has 1 unspecified atom stereocenters. The molecular weight excluding hydrogens is 282 g/mol. The summed E-state index contributed by atoms with van der Waals surface area (Å²) in [6, 6.07) is 7.56. The van der Waals surface area contributed by atoms with E-state index in [1.54, 1.807) is 20.8 Å². The predicted molar refractivity (Wildman–Crippen MR) is 76.7 cm³/mol. The SMILES string of the molecule is CC(C)(C)OC(=O)C[S+]([O-])c1nc2ccccc2s1. The molecule has 0 saturated carbocycles. The van der Waals surface area contributed by atoms with Gasteiger partial charge in [0.1, 0.15) is 5.60 Å². The van der Waals surface area contributed by atoms with Crippen molar-refractivity contribution < 1.29 is 14.1 Å². The fourth-order valence-electron chi connectivity index (χ4n) is 1.49. The average Bonchev–Trinajstić information content (AvgIpc) is 2.69. The van der Waals surface area contributed by atoms with Crippen molar-refractivity contribution in [2.45, 2.75) is 30.7 Å². The van der Waals surface area contributed by atoms with E-state index in [4.69, 9.17) is 4.74 Å². The summed E-state index contributed by atoms with van der Waals surface area (Å²) in [6.07, 6.45) is 0. The number of fused-ring (bicyclic) bond motifs is 1. The van der Waals surface area contributed by atoms with Gasteiger partial charge in [-0.3, -0.25) is 0 Å². The van der Waals surface area contributed by atoms with Crippen molar-refractivity contribution in [3.8, 4) is 0 Å². The third-order valence-corrected chi connectivity index (χ3v) is 4.76. The summed E-state index contributed by atoms with van der Waals surface area (Å²) in [7, 11) is 0. The molecule has 2 aromatic rings. The van der Waals surface area contributed by atoms with E-state index in [2.05, 4.69) is 4.98 Å². The van der Waals surface area contributed by atoms with E-state index in [-0.39, 0.29) is 5.75 Å². The molecule has 0 saturated heterocycles. The van der Waals surface area contributed by atoms with Gasteiger partial charge in [-0.1, -0.05) is 23.5 Å². The number of ether oxygens (including phenoxy) is 1. The van der Waals surface area contributed by atoms with Crippen LogP contribution in [0.1, 0.15) is 20.8 Å². The number of thiazole rings is 1. The molecule has 0 bridgehead atoms. The molecule has 102 valence electrons. The maximum atomic E-state index is 12.1. The number of para-hydroxylation sites is 1. The molecule has 6 heteroatoms. The van der Waals surface area contributed by atoms with Crippen LogP contribution < -0.4 is 0 Å². The number of hydrogen-bond donors (Lipinski definition) is 0. The van der Waals surface area contributed by atoms with Crippen molar-refractivity contribution in [3.63, 3.8) is 0 Å². The first-order valence-corrected chi connectivity index (χ1v) is 7.94. The number of aromatic nitrogens is 1. The van der Waals surface area contributed by atoms with Gasteiger partial charge in [-0.25, -0.2) is 4.79 Å². The molecule has 0 N–H and O–H groups in total. The Morgan fingerprint density at radius 2 is 2.11 bits per heavy atom. The number of carbonyl (C=O) groups excluding carboxylic acids is 1. The highest BCUT2D eigenvalue weighted by Gasteiger charge is 2.25. The quantitative estimate of drug-likeness (QED) is 0.645. The monoisotopic (exact) mass is 297 g/mol. The Morgan fingerprint density at radius 1 is 1.42 bits per heavy atom. The second-order valence-electron chi connectivity index (χ2n) is 5.02. The van der Waals surface area contributed by atoms with Crippen LogP contribution in [0.15, 0.2) is 28.6 Å². The van der Waals surface area contributed by atoms with E-state index < -0.39 is 22.7 Å². The molecule has 0 aliphatic rings. The Labute approximate surface area is 119 Å². The van der Waals surface area contributed by atoms with Crippen molar-refractivity contribution in [1.29, 1.82) is 0 Å². The average molecular weight is 297 g/mol. The first-order valence-electron chi connectivity index (χ1n) is 5.81. The van der Waals surface area contributed by atoms with E-state index in [9.17, 15) is 9.35 Å². The number of nitrogens with zero attached hydrogens (tertiary/aromatic N) is 1. The molecule has 0 amide bonds. The number of carbonyl (C=O) groups is 1. The summed E-state index contributed by atoms with van der Waals surface area (Å²) < 4.78 is 18.7. The normalized spacial score (nSPS) is 13.5. The maximum Gasteiger partial charge on any atom is 0.357 e. The smallest absolute Gasteiger partial charge is 0.357 e. The van der Waals surface area contributed by atoms with Gasteiger partial charge in [-0.15, -0.1) is 0 Å². The number of benzene rings is 1. The summed E-state index contributed by atoms with van der Waals surface area (Å²) in [5.41, 5.74) is 0.245. The van der Waals surface area contributed by atoms with Crippen molar-refractivity contribution in [2.75, 3.05) is 5.75 Å². The van der Waals surface area contributed by atoms with Crippen LogP contribution in [0, 0.1) is 0 Å². The lowest BCUT2D eigenvalue weighted by Crippen LogP contribution is -2.28. The second-order valence-corrected chi connectivity index (χ2v) is 7.68. The highest BCUT2D eigenvalue weighted by atomic mass is 32.2. The Kier molecular flexibility index (Phi) is 4.13. The van der Waals surface area contributed by atoms with Crippen LogP contribution in [0.3, 0.4) is 0 Å².